The van der Waals surface area contributed by atoms with Gasteiger partial charge >= 0.3 is 0 Å². The average molecular weight is 392 g/mol. The lowest BCUT2D eigenvalue weighted by atomic mass is 10.0. The topological polar surface area (TPSA) is 45.2 Å². The van der Waals surface area contributed by atoms with Crippen LogP contribution in [-0.2, 0) is 17.8 Å². The van der Waals surface area contributed by atoms with Crippen molar-refractivity contribution < 1.29 is 4.79 Å². The van der Waals surface area contributed by atoms with Crippen LogP contribution in [0.15, 0.2) is 54.9 Å². The summed E-state index contributed by atoms with van der Waals surface area (Å²) in [5.41, 5.74) is 4.39. The maximum absolute atomic E-state index is 12.6. The normalized spacial score (nSPS) is 14.9. The van der Waals surface area contributed by atoms with Crippen LogP contribution in [0.4, 0.5) is 5.69 Å². The fourth-order valence-electron chi connectivity index (χ4n) is 3.61. The van der Waals surface area contributed by atoms with Crippen molar-refractivity contribution in [2.75, 3.05) is 29.9 Å². The first-order chi connectivity index (χ1) is 13.7. The van der Waals surface area contributed by atoms with Gasteiger partial charge in [0.2, 0.25) is 5.91 Å². The number of hydrogen-bond acceptors (Lipinski definition) is 4. The average Bonchev–Trinajstić information content (AvgIpc) is 2.72. The summed E-state index contributed by atoms with van der Waals surface area (Å²) in [7, 11) is 0. The number of pyridine rings is 1. The highest BCUT2D eigenvalue weighted by Crippen LogP contribution is 2.22. The Morgan fingerprint density at radius 1 is 1.14 bits per heavy atom. The predicted octanol–water partition coefficient (Wildman–Crippen LogP) is 4.27. The number of aromatic nitrogens is 1. The highest BCUT2D eigenvalue weighted by atomic mass is 32.2. The Morgan fingerprint density at radius 3 is 2.86 bits per heavy atom. The van der Waals surface area contributed by atoms with Crippen LogP contribution in [0.3, 0.4) is 0 Å². The van der Waals surface area contributed by atoms with Crippen molar-refractivity contribution in [2.24, 2.45) is 0 Å². The molecular weight excluding hydrogens is 366 g/mol. The Kier molecular flexibility index (Phi) is 5.93. The Labute approximate surface area is 170 Å². The molecule has 1 fully saturated rings. The van der Waals surface area contributed by atoms with Gasteiger partial charge in [0.15, 0.2) is 0 Å². The van der Waals surface area contributed by atoms with E-state index in [-0.39, 0.29) is 5.91 Å². The van der Waals surface area contributed by atoms with Gasteiger partial charge in [-0.05, 0) is 41.1 Å². The molecular formula is C23H25N3OS. The predicted molar refractivity (Wildman–Crippen MR) is 118 cm³/mol. The van der Waals surface area contributed by atoms with Crippen LogP contribution >= 0.6 is 11.8 Å². The zero-order chi connectivity index (χ0) is 19.3. The lowest BCUT2D eigenvalue weighted by molar-refractivity contribution is -0.115. The van der Waals surface area contributed by atoms with Crippen LogP contribution < -0.4 is 5.32 Å². The largest absolute Gasteiger partial charge is 0.326 e. The molecule has 0 saturated carbocycles. The number of benzene rings is 2. The summed E-state index contributed by atoms with van der Waals surface area (Å²) in [6.45, 7) is 5.33. The van der Waals surface area contributed by atoms with Gasteiger partial charge in [-0.3, -0.25) is 14.7 Å². The van der Waals surface area contributed by atoms with Crippen molar-refractivity contribution in [1.82, 2.24) is 9.88 Å². The lowest BCUT2D eigenvalue weighted by Gasteiger charge is -2.27. The molecule has 2 aromatic carbocycles. The first kappa shape index (κ1) is 19.0. The molecule has 144 valence electrons. The third-order valence-electron chi connectivity index (χ3n) is 5.29. The number of amides is 1. The minimum Gasteiger partial charge on any atom is -0.326 e. The van der Waals surface area contributed by atoms with Gasteiger partial charge in [0.25, 0.3) is 0 Å². The molecule has 1 N–H and O–H groups in total. The number of rotatable bonds is 5. The molecule has 1 aliphatic heterocycles. The van der Waals surface area contributed by atoms with Crippen LogP contribution in [0.25, 0.3) is 10.8 Å². The third-order valence-corrected chi connectivity index (χ3v) is 6.23. The number of hydrogen-bond donors (Lipinski definition) is 1. The number of carbonyl (C=O) groups is 1. The molecule has 0 spiro atoms. The van der Waals surface area contributed by atoms with E-state index < -0.39 is 0 Å². The molecule has 2 heterocycles. The molecule has 0 unspecified atom stereocenters. The van der Waals surface area contributed by atoms with Crippen molar-refractivity contribution in [2.45, 2.75) is 19.9 Å². The molecule has 0 radical (unpaired) electrons. The quantitative estimate of drug-likeness (QED) is 0.705. The molecule has 4 rings (SSSR count). The molecule has 1 aromatic heterocycles. The second-order valence-electron chi connectivity index (χ2n) is 7.26. The van der Waals surface area contributed by atoms with Crippen LogP contribution in [0, 0.1) is 6.92 Å². The van der Waals surface area contributed by atoms with Gasteiger partial charge in [-0.15, -0.1) is 0 Å². The summed E-state index contributed by atoms with van der Waals surface area (Å²) in [5.74, 6) is 2.43. The first-order valence-electron chi connectivity index (χ1n) is 9.70. The van der Waals surface area contributed by atoms with Gasteiger partial charge in [0.1, 0.15) is 0 Å². The Balaban J connectivity index is 1.44. The second-order valence-corrected chi connectivity index (χ2v) is 8.49. The summed E-state index contributed by atoms with van der Waals surface area (Å²) in [6.07, 6.45) is 3.99. The van der Waals surface area contributed by atoms with Crippen molar-refractivity contribution >= 4 is 34.1 Å². The van der Waals surface area contributed by atoms with E-state index in [2.05, 4.69) is 34.3 Å². The van der Waals surface area contributed by atoms with Crippen molar-refractivity contribution in [3.05, 3.63) is 71.5 Å². The standard InChI is InChI=1S/C23H25N3OS/c1-17-21(16-26-9-11-28-12-10-26)3-2-4-22(17)25-23(27)14-18-5-6-20-15-24-8-7-19(20)13-18/h2-8,13,15H,9-12,14,16H2,1H3,(H,25,27). The molecule has 4 nitrogen and oxygen atoms in total. The summed E-state index contributed by atoms with van der Waals surface area (Å²) in [5, 5.41) is 5.31. The molecule has 5 heteroatoms. The molecule has 1 amide bonds. The Hall–Kier alpha value is -2.37. The lowest BCUT2D eigenvalue weighted by Crippen LogP contribution is -2.32. The van der Waals surface area contributed by atoms with Crippen LogP contribution in [-0.4, -0.2) is 40.4 Å². The number of fused-ring (bicyclic) bond motifs is 1. The van der Waals surface area contributed by atoms with E-state index in [4.69, 9.17) is 0 Å². The maximum atomic E-state index is 12.6. The molecule has 0 atom stereocenters. The molecule has 0 bridgehead atoms. The monoisotopic (exact) mass is 391 g/mol. The fourth-order valence-corrected chi connectivity index (χ4v) is 4.59. The van der Waals surface area contributed by atoms with E-state index >= 15 is 0 Å². The van der Waals surface area contributed by atoms with Crippen molar-refractivity contribution in [1.29, 1.82) is 0 Å². The van der Waals surface area contributed by atoms with Crippen molar-refractivity contribution in [3.63, 3.8) is 0 Å². The van der Waals surface area contributed by atoms with E-state index in [9.17, 15) is 4.79 Å². The summed E-state index contributed by atoms with van der Waals surface area (Å²) >= 11 is 2.02. The van der Waals surface area contributed by atoms with Gasteiger partial charge in [0.05, 0.1) is 6.42 Å². The number of nitrogens with one attached hydrogen (secondary N) is 1. The maximum Gasteiger partial charge on any atom is 0.228 e. The molecule has 1 saturated heterocycles. The van der Waals surface area contributed by atoms with Gasteiger partial charge in [0, 0.05) is 54.6 Å². The summed E-state index contributed by atoms with van der Waals surface area (Å²) < 4.78 is 0. The number of nitrogens with zero attached hydrogens (tertiary/aromatic N) is 2. The number of thioether (sulfide) groups is 1. The highest BCUT2D eigenvalue weighted by molar-refractivity contribution is 7.99. The molecule has 28 heavy (non-hydrogen) atoms. The SMILES string of the molecule is Cc1c(CN2CCSCC2)cccc1NC(=O)Cc1ccc2cnccc2c1. The van der Waals surface area contributed by atoms with E-state index in [1.807, 2.05) is 48.3 Å². The van der Waals surface area contributed by atoms with Crippen LogP contribution in [0.1, 0.15) is 16.7 Å². The summed E-state index contributed by atoms with van der Waals surface area (Å²) in [4.78, 5) is 19.3. The third kappa shape index (κ3) is 4.54. The Morgan fingerprint density at radius 2 is 2.00 bits per heavy atom. The van der Waals surface area contributed by atoms with Gasteiger partial charge in [-0.2, -0.15) is 11.8 Å². The van der Waals surface area contributed by atoms with E-state index in [1.165, 1.54) is 22.6 Å². The van der Waals surface area contributed by atoms with Crippen LogP contribution in [0.2, 0.25) is 0 Å². The fraction of sp³-hybridized carbons (Fsp3) is 0.304. The first-order valence-corrected chi connectivity index (χ1v) is 10.9. The van der Waals surface area contributed by atoms with Gasteiger partial charge in [-0.1, -0.05) is 30.3 Å². The smallest absolute Gasteiger partial charge is 0.228 e. The number of anilines is 1. The zero-order valence-corrected chi connectivity index (χ0v) is 17.0. The van der Waals surface area contributed by atoms with Gasteiger partial charge in [-0.25, -0.2) is 0 Å². The Bertz CT molecular complexity index is 982. The van der Waals surface area contributed by atoms with Gasteiger partial charge < -0.3 is 5.32 Å². The minimum atomic E-state index is 0.0167. The zero-order valence-electron chi connectivity index (χ0n) is 16.1. The van der Waals surface area contributed by atoms with Crippen LogP contribution in [0.5, 0.6) is 0 Å². The number of carbonyl (C=O) groups excluding carboxylic acids is 1. The highest BCUT2D eigenvalue weighted by Gasteiger charge is 2.14. The van der Waals surface area contributed by atoms with E-state index in [0.29, 0.717) is 6.42 Å². The molecule has 0 aliphatic carbocycles. The second kappa shape index (κ2) is 8.76. The van der Waals surface area contributed by atoms with Crippen molar-refractivity contribution in [3.8, 4) is 0 Å². The van der Waals surface area contributed by atoms with E-state index in [0.717, 1.165) is 41.7 Å². The summed E-state index contributed by atoms with van der Waals surface area (Å²) in [6, 6.07) is 14.3. The molecule has 1 aliphatic rings. The van der Waals surface area contributed by atoms with E-state index in [1.54, 1.807) is 6.20 Å². The minimum absolute atomic E-state index is 0.0167. The molecule has 3 aromatic rings.